The fourth-order valence-corrected chi connectivity index (χ4v) is 3.69. The number of rotatable bonds is 4. The van der Waals surface area contributed by atoms with E-state index in [9.17, 15) is 4.79 Å². The van der Waals surface area contributed by atoms with Gasteiger partial charge < -0.3 is 16.0 Å². The molecule has 3 N–H and O–H groups in total. The van der Waals surface area contributed by atoms with E-state index < -0.39 is 15.9 Å². The Kier molecular flexibility index (Phi) is 8.21. The minimum Gasteiger partial charge on any atom is -0.339 e. The van der Waals surface area contributed by atoms with Crippen molar-refractivity contribution < 1.29 is 4.79 Å². The van der Waals surface area contributed by atoms with Crippen LogP contribution in [0, 0.1) is 6.92 Å². The normalized spacial score (nSPS) is 12.2. The second-order valence-electron chi connectivity index (χ2n) is 5.49. The number of carbonyl (C=O) groups is 1. The zero-order chi connectivity index (χ0) is 20.2. The summed E-state index contributed by atoms with van der Waals surface area (Å²) in [5.74, 6) is -0.400. The molecule has 10 heteroatoms. The van der Waals surface area contributed by atoms with Gasteiger partial charge >= 0.3 is 0 Å². The lowest BCUT2D eigenvalue weighted by Gasteiger charge is -2.28. The smallest absolute Gasteiger partial charge is 0.252 e. The van der Waals surface area contributed by atoms with Crippen LogP contribution in [0.4, 0.5) is 5.69 Å². The number of anilines is 1. The highest BCUT2D eigenvalue weighted by Crippen LogP contribution is 2.31. The summed E-state index contributed by atoms with van der Waals surface area (Å²) in [6.45, 7) is 1.95. The molecule has 2 aromatic carbocycles. The molecular formula is C17H14Br2Cl3N3OS. The number of amides is 1. The molecule has 0 radical (unpaired) electrons. The first-order valence-electron chi connectivity index (χ1n) is 7.53. The van der Waals surface area contributed by atoms with Gasteiger partial charge in [-0.05, 0) is 64.9 Å². The van der Waals surface area contributed by atoms with Crippen molar-refractivity contribution in [3.05, 3.63) is 62.5 Å². The van der Waals surface area contributed by atoms with E-state index in [2.05, 4.69) is 47.8 Å². The Labute approximate surface area is 194 Å². The van der Waals surface area contributed by atoms with Crippen molar-refractivity contribution in [2.75, 3.05) is 5.32 Å². The largest absolute Gasteiger partial charge is 0.339 e. The molecular weight excluding hydrogens is 560 g/mol. The molecule has 0 fully saturated rings. The van der Waals surface area contributed by atoms with Gasteiger partial charge in [0, 0.05) is 14.5 Å². The highest BCUT2D eigenvalue weighted by atomic mass is 79.9. The summed E-state index contributed by atoms with van der Waals surface area (Å²) >= 11 is 30.2. The predicted octanol–water partition coefficient (Wildman–Crippen LogP) is 5.93. The van der Waals surface area contributed by atoms with E-state index in [1.54, 1.807) is 30.3 Å². The standard InChI is InChI=1S/C17H14Br2Cl3N3OS/c1-9-7-13(12(19)8-11(9)18)23-16(27)25-15(17(20,21)22)24-14(26)10-5-3-2-4-6-10/h2-8,15H,1H3,(H,24,26)(H2,23,25,27)/t15-/m0/s1. The monoisotopic (exact) mass is 571 g/mol. The van der Waals surface area contributed by atoms with E-state index >= 15 is 0 Å². The molecule has 1 atom stereocenters. The lowest BCUT2D eigenvalue weighted by Crippen LogP contribution is -2.56. The van der Waals surface area contributed by atoms with Crippen molar-refractivity contribution >= 4 is 95.6 Å². The van der Waals surface area contributed by atoms with Gasteiger partial charge in [0.05, 0.1) is 5.69 Å². The minimum atomic E-state index is -1.83. The first-order chi connectivity index (χ1) is 12.6. The van der Waals surface area contributed by atoms with Gasteiger partial charge in [-0.2, -0.15) is 0 Å². The maximum Gasteiger partial charge on any atom is 0.252 e. The Morgan fingerprint density at radius 2 is 1.70 bits per heavy atom. The van der Waals surface area contributed by atoms with Gasteiger partial charge in [-0.1, -0.05) is 68.9 Å². The van der Waals surface area contributed by atoms with Crippen LogP contribution in [0.15, 0.2) is 51.4 Å². The molecule has 0 saturated carbocycles. The van der Waals surface area contributed by atoms with Crippen molar-refractivity contribution in [2.24, 2.45) is 0 Å². The maximum absolute atomic E-state index is 12.4. The Hall–Kier alpha value is -0.570. The van der Waals surface area contributed by atoms with Gasteiger partial charge in [0.15, 0.2) is 5.11 Å². The average Bonchev–Trinajstić information content (AvgIpc) is 2.59. The molecule has 0 aliphatic rings. The van der Waals surface area contributed by atoms with Gasteiger partial charge in [-0.15, -0.1) is 0 Å². The van der Waals surface area contributed by atoms with E-state index in [4.69, 9.17) is 47.0 Å². The average molecular weight is 575 g/mol. The third-order valence-corrected chi connectivity index (χ3v) is 5.80. The van der Waals surface area contributed by atoms with Gasteiger partial charge in [-0.3, -0.25) is 4.79 Å². The van der Waals surface area contributed by atoms with Crippen molar-refractivity contribution in [1.82, 2.24) is 10.6 Å². The van der Waals surface area contributed by atoms with Gasteiger partial charge in [0.1, 0.15) is 6.17 Å². The summed E-state index contributed by atoms with van der Waals surface area (Å²) in [4.78, 5) is 12.4. The topological polar surface area (TPSA) is 53.2 Å². The zero-order valence-electron chi connectivity index (χ0n) is 13.8. The van der Waals surface area contributed by atoms with Crippen molar-refractivity contribution in [1.29, 1.82) is 0 Å². The van der Waals surface area contributed by atoms with Crippen LogP contribution in [-0.2, 0) is 0 Å². The number of thiocarbonyl (C=S) groups is 1. The van der Waals surface area contributed by atoms with Crippen molar-refractivity contribution in [2.45, 2.75) is 16.9 Å². The fourth-order valence-electron chi connectivity index (χ4n) is 2.05. The molecule has 0 saturated heterocycles. The highest BCUT2D eigenvalue weighted by molar-refractivity contribution is 9.11. The first kappa shape index (κ1) is 22.7. The van der Waals surface area contributed by atoms with Crippen LogP contribution < -0.4 is 16.0 Å². The molecule has 27 heavy (non-hydrogen) atoms. The molecule has 1 amide bonds. The van der Waals surface area contributed by atoms with Crippen LogP contribution >= 0.6 is 78.9 Å². The second kappa shape index (κ2) is 9.76. The summed E-state index contributed by atoms with van der Waals surface area (Å²) in [5.41, 5.74) is 2.17. The van der Waals surface area contributed by atoms with Gasteiger partial charge in [-0.25, -0.2) is 0 Å². The number of benzene rings is 2. The molecule has 2 rings (SSSR count). The zero-order valence-corrected chi connectivity index (χ0v) is 20.1. The molecule has 144 valence electrons. The molecule has 0 unspecified atom stereocenters. The third kappa shape index (κ3) is 6.76. The van der Waals surface area contributed by atoms with Crippen LogP contribution in [-0.4, -0.2) is 21.0 Å². The minimum absolute atomic E-state index is 0.183. The molecule has 0 aromatic heterocycles. The van der Waals surface area contributed by atoms with Crippen LogP contribution in [0.2, 0.25) is 0 Å². The molecule has 0 bridgehead atoms. The fraction of sp³-hybridized carbons (Fsp3) is 0.176. The van der Waals surface area contributed by atoms with Gasteiger partial charge in [0.2, 0.25) is 3.79 Å². The van der Waals surface area contributed by atoms with Crippen LogP contribution in [0.1, 0.15) is 15.9 Å². The predicted molar refractivity (Wildman–Crippen MR) is 124 cm³/mol. The van der Waals surface area contributed by atoms with Crippen LogP contribution in [0.5, 0.6) is 0 Å². The van der Waals surface area contributed by atoms with E-state index in [1.165, 1.54) is 0 Å². The highest BCUT2D eigenvalue weighted by Gasteiger charge is 2.35. The summed E-state index contributed by atoms with van der Waals surface area (Å²) in [5, 5.41) is 8.66. The van der Waals surface area contributed by atoms with Crippen LogP contribution in [0.25, 0.3) is 0 Å². The number of halogens is 5. The van der Waals surface area contributed by atoms with Gasteiger partial charge in [0.25, 0.3) is 5.91 Å². The number of alkyl halides is 3. The summed E-state index contributed by atoms with van der Waals surface area (Å²) < 4.78 is -0.0840. The second-order valence-corrected chi connectivity index (χ2v) is 9.98. The lowest BCUT2D eigenvalue weighted by atomic mass is 10.2. The molecule has 0 spiro atoms. The van der Waals surface area contributed by atoms with Crippen molar-refractivity contribution in [3.63, 3.8) is 0 Å². The first-order valence-corrected chi connectivity index (χ1v) is 10.7. The number of hydrogen-bond donors (Lipinski definition) is 3. The molecule has 2 aromatic rings. The summed E-state index contributed by atoms with van der Waals surface area (Å²) in [6.07, 6.45) is -1.05. The van der Waals surface area contributed by atoms with E-state index in [0.29, 0.717) is 5.56 Å². The number of aryl methyl sites for hydroxylation is 1. The maximum atomic E-state index is 12.4. The molecule has 4 nitrogen and oxygen atoms in total. The summed E-state index contributed by atoms with van der Waals surface area (Å²) in [7, 11) is 0. The molecule has 0 heterocycles. The Balaban J connectivity index is 2.11. The lowest BCUT2D eigenvalue weighted by molar-refractivity contribution is 0.0934. The van der Waals surface area contributed by atoms with E-state index in [0.717, 1.165) is 20.2 Å². The van der Waals surface area contributed by atoms with E-state index in [1.807, 2.05) is 19.1 Å². The van der Waals surface area contributed by atoms with Crippen molar-refractivity contribution in [3.8, 4) is 0 Å². The Morgan fingerprint density at radius 1 is 1.07 bits per heavy atom. The number of hydrogen-bond acceptors (Lipinski definition) is 2. The number of carbonyl (C=O) groups excluding carboxylic acids is 1. The molecule has 0 aliphatic heterocycles. The third-order valence-electron chi connectivity index (χ3n) is 3.41. The summed E-state index contributed by atoms with van der Waals surface area (Å²) in [6, 6.07) is 12.4. The quantitative estimate of drug-likeness (QED) is 0.241. The Bertz CT molecular complexity index is 847. The Morgan fingerprint density at radius 3 is 2.30 bits per heavy atom. The molecule has 0 aliphatic carbocycles. The SMILES string of the molecule is Cc1cc(NC(=S)N[C@H](NC(=O)c2ccccc2)C(Cl)(Cl)Cl)c(Br)cc1Br. The van der Waals surface area contributed by atoms with E-state index in [-0.39, 0.29) is 5.11 Å². The number of nitrogens with one attached hydrogen (secondary N) is 3. The van der Waals surface area contributed by atoms with Crippen LogP contribution in [0.3, 0.4) is 0 Å².